The summed E-state index contributed by atoms with van der Waals surface area (Å²) in [6.45, 7) is 2.99. The lowest BCUT2D eigenvalue weighted by Crippen LogP contribution is -2.25. The molecule has 29 heavy (non-hydrogen) atoms. The zero-order chi connectivity index (χ0) is 21.5. The van der Waals surface area contributed by atoms with Crippen molar-refractivity contribution in [2.45, 2.75) is 26.3 Å². The second-order valence-electron chi connectivity index (χ2n) is 6.12. The predicted octanol–water partition coefficient (Wildman–Crippen LogP) is 2.95. The molecular weight excluding hydrogens is 410 g/mol. The molecule has 0 aliphatic heterocycles. The van der Waals surface area contributed by atoms with Gasteiger partial charge in [0, 0.05) is 5.39 Å². The van der Waals surface area contributed by atoms with E-state index in [-0.39, 0.29) is 21.1 Å². The molecular formula is C16H14F2N6O4S. The van der Waals surface area contributed by atoms with E-state index in [1.807, 2.05) is 0 Å². The molecule has 1 unspecified atom stereocenters. The van der Waals surface area contributed by atoms with Crippen LogP contribution in [0, 0.1) is 17.0 Å². The van der Waals surface area contributed by atoms with E-state index in [2.05, 4.69) is 15.4 Å². The molecule has 0 aliphatic rings. The number of fused-ring (bicyclic) bond motifs is 1. The lowest BCUT2D eigenvalue weighted by molar-refractivity contribution is -0.385. The summed E-state index contributed by atoms with van der Waals surface area (Å²) in [6.07, 6.45) is -0.712. The summed E-state index contributed by atoms with van der Waals surface area (Å²) in [5.74, 6) is -1.49. The first-order valence-corrected chi connectivity index (χ1v) is 8.93. The second-order valence-corrected chi connectivity index (χ2v) is 7.12. The fourth-order valence-corrected chi connectivity index (χ4v) is 3.76. The zero-order valence-corrected chi connectivity index (χ0v) is 15.9. The molecule has 0 saturated heterocycles. The number of thiophene rings is 1. The van der Waals surface area contributed by atoms with Gasteiger partial charge in [-0.15, -0.1) is 11.3 Å². The van der Waals surface area contributed by atoms with Gasteiger partial charge < -0.3 is 11.1 Å². The van der Waals surface area contributed by atoms with Gasteiger partial charge in [-0.3, -0.25) is 24.4 Å². The number of nitrogens with two attached hydrogens (primary N) is 1. The van der Waals surface area contributed by atoms with Gasteiger partial charge in [0.05, 0.1) is 10.6 Å². The average molecular weight is 424 g/mol. The number of carbonyl (C=O) groups excluding carboxylic acids is 2. The van der Waals surface area contributed by atoms with Gasteiger partial charge in [0.25, 0.3) is 12.3 Å². The third kappa shape index (κ3) is 3.76. The Kier molecular flexibility index (Phi) is 5.24. The van der Waals surface area contributed by atoms with Gasteiger partial charge in [-0.2, -0.15) is 5.10 Å². The molecule has 3 aromatic heterocycles. The van der Waals surface area contributed by atoms with E-state index in [1.54, 1.807) is 6.92 Å². The molecule has 2 amide bonds. The number of halogens is 2. The molecule has 0 saturated carbocycles. The zero-order valence-electron chi connectivity index (χ0n) is 15.1. The summed E-state index contributed by atoms with van der Waals surface area (Å²) in [7, 11) is 0. The Morgan fingerprint density at radius 1 is 1.41 bits per heavy atom. The van der Waals surface area contributed by atoms with Crippen LogP contribution in [0.5, 0.6) is 0 Å². The van der Waals surface area contributed by atoms with Crippen LogP contribution in [0.25, 0.3) is 10.2 Å². The van der Waals surface area contributed by atoms with Crippen LogP contribution in [0.15, 0.2) is 18.5 Å². The first kappa shape index (κ1) is 20.3. The van der Waals surface area contributed by atoms with Gasteiger partial charge in [-0.1, -0.05) is 0 Å². The van der Waals surface area contributed by atoms with Crippen LogP contribution in [0.2, 0.25) is 0 Å². The van der Waals surface area contributed by atoms with Crippen molar-refractivity contribution in [1.82, 2.24) is 14.8 Å². The van der Waals surface area contributed by atoms with E-state index in [1.165, 1.54) is 13.0 Å². The SMILES string of the molecule is Cc1cc(C(F)F)nc2sc(C(N)=O)c(NC(=O)C(C)n3cc([N+](=O)[O-])cn3)c12. The molecule has 0 aromatic carbocycles. The van der Waals surface area contributed by atoms with E-state index < -0.39 is 34.9 Å². The van der Waals surface area contributed by atoms with E-state index >= 15 is 0 Å². The van der Waals surface area contributed by atoms with E-state index in [0.29, 0.717) is 10.9 Å². The number of nitrogens with one attached hydrogen (secondary N) is 1. The largest absolute Gasteiger partial charge is 0.365 e. The highest BCUT2D eigenvalue weighted by atomic mass is 32.1. The molecule has 3 aromatic rings. The Labute approximate surface area is 165 Å². The van der Waals surface area contributed by atoms with Crippen LogP contribution in [0.4, 0.5) is 20.2 Å². The van der Waals surface area contributed by atoms with Crippen LogP contribution >= 0.6 is 11.3 Å². The van der Waals surface area contributed by atoms with Crippen LogP contribution in [-0.2, 0) is 4.79 Å². The van der Waals surface area contributed by atoms with Crippen LogP contribution < -0.4 is 11.1 Å². The molecule has 0 radical (unpaired) electrons. The van der Waals surface area contributed by atoms with Crippen LogP contribution in [-0.4, -0.2) is 31.5 Å². The number of aryl methyl sites for hydroxylation is 1. The van der Waals surface area contributed by atoms with Crippen LogP contribution in [0.1, 0.15) is 40.3 Å². The molecule has 10 nitrogen and oxygen atoms in total. The van der Waals surface area contributed by atoms with Gasteiger partial charge in [0.2, 0.25) is 5.91 Å². The highest BCUT2D eigenvalue weighted by Crippen LogP contribution is 2.38. The number of primary amides is 1. The molecule has 13 heteroatoms. The number of hydrogen-bond acceptors (Lipinski definition) is 7. The molecule has 152 valence electrons. The van der Waals surface area contributed by atoms with Gasteiger partial charge in [-0.05, 0) is 25.5 Å². The molecule has 3 N–H and O–H groups in total. The molecule has 0 fully saturated rings. The summed E-state index contributed by atoms with van der Waals surface area (Å²) < 4.78 is 27.1. The number of rotatable bonds is 6. The number of nitrogens with zero attached hydrogens (tertiary/aromatic N) is 4. The third-order valence-electron chi connectivity index (χ3n) is 4.15. The Morgan fingerprint density at radius 3 is 2.66 bits per heavy atom. The Bertz CT molecular complexity index is 1140. The summed E-state index contributed by atoms with van der Waals surface area (Å²) in [5.41, 5.74) is 5.07. The van der Waals surface area contributed by atoms with Crippen LogP contribution in [0.3, 0.4) is 0 Å². The molecule has 3 rings (SSSR count). The molecule has 0 spiro atoms. The van der Waals surface area contributed by atoms with Gasteiger partial charge >= 0.3 is 5.69 Å². The average Bonchev–Trinajstić information content (AvgIpc) is 3.26. The van der Waals surface area contributed by atoms with Crippen molar-refractivity contribution in [2.24, 2.45) is 5.73 Å². The summed E-state index contributed by atoms with van der Waals surface area (Å²) >= 11 is 0.790. The number of nitro groups is 1. The number of aromatic nitrogens is 3. The van der Waals surface area contributed by atoms with E-state index in [9.17, 15) is 28.5 Å². The summed E-state index contributed by atoms with van der Waals surface area (Å²) in [4.78, 5) is 38.6. The molecule has 0 aliphatic carbocycles. The first-order valence-electron chi connectivity index (χ1n) is 8.11. The number of amides is 2. The minimum absolute atomic E-state index is 0.0472. The van der Waals surface area contributed by atoms with Gasteiger partial charge in [-0.25, -0.2) is 13.8 Å². The number of anilines is 1. The smallest absolute Gasteiger partial charge is 0.307 e. The minimum atomic E-state index is -2.80. The Balaban J connectivity index is 2.01. The van der Waals surface area contributed by atoms with Crippen molar-refractivity contribution in [3.63, 3.8) is 0 Å². The molecule has 1 atom stereocenters. The lowest BCUT2D eigenvalue weighted by atomic mass is 10.1. The molecule has 0 bridgehead atoms. The van der Waals surface area contributed by atoms with Crippen molar-refractivity contribution in [1.29, 1.82) is 0 Å². The number of pyridine rings is 1. The maximum Gasteiger partial charge on any atom is 0.307 e. The monoisotopic (exact) mass is 424 g/mol. The number of alkyl halides is 2. The summed E-state index contributed by atoms with van der Waals surface area (Å²) in [6, 6.07) is 0.202. The van der Waals surface area contributed by atoms with Crippen molar-refractivity contribution >= 4 is 44.7 Å². The molecule has 3 heterocycles. The summed E-state index contributed by atoms with van der Waals surface area (Å²) in [5, 5.41) is 17.4. The first-order chi connectivity index (χ1) is 13.6. The second kappa shape index (κ2) is 7.50. The number of carbonyl (C=O) groups is 2. The topological polar surface area (TPSA) is 146 Å². The Morgan fingerprint density at radius 2 is 2.10 bits per heavy atom. The standard InChI is InChI=1S/C16H14F2N6O4S/c1-6-3-9(13(17)18)21-16-10(6)11(12(29-16)14(19)25)22-15(26)7(2)23-5-8(4-20-23)24(27)28/h3-5,7,13H,1-2H3,(H2,19,25)(H,22,26). The van der Waals surface area contributed by atoms with Gasteiger partial charge in [0.15, 0.2) is 0 Å². The maximum atomic E-state index is 13.0. The highest BCUT2D eigenvalue weighted by Gasteiger charge is 2.26. The fraction of sp³-hybridized carbons (Fsp3) is 0.250. The third-order valence-corrected chi connectivity index (χ3v) is 5.25. The quantitative estimate of drug-likeness (QED) is 0.459. The number of hydrogen-bond donors (Lipinski definition) is 2. The maximum absolute atomic E-state index is 13.0. The van der Waals surface area contributed by atoms with Crippen molar-refractivity contribution in [3.8, 4) is 0 Å². The lowest BCUT2D eigenvalue weighted by Gasteiger charge is -2.13. The fourth-order valence-electron chi connectivity index (χ4n) is 2.69. The van der Waals surface area contributed by atoms with E-state index in [4.69, 9.17) is 5.73 Å². The highest BCUT2D eigenvalue weighted by molar-refractivity contribution is 7.21. The normalized spacial score (nSPS) is 12.3. The minimum Gasteiger partial charge on any atom is -0.365 e. The van der Waals surface area contributed by atoms with Crippen molar-refractivity contribution in [2.75, 3.05) is 5.32 Å². The van der Waals surface area contributed by atoms with Crippen molar-refractivity contribution < 1.29 is 23.3 Å². The Hall–Kier alpha value is -3.48. The van der Waals surface area contributed by atoms with Crippen molar-refractivity contribution in [3.05, 3.63) is 44.7 Å². The van der Waals surface area contributed by atoms with E-state index in [0.717, 1.165) is 28.4 Å². The van der Waals surface area contributed by atoms with Gasteiger partial charge in [0.1, 0.15) is 33.8 Å². The predicted molar refractivity (Wildman–Crippen MR) is 100 cm³/mol.